The van der Waals surface area contributed by atoms with E-state index in [0.717, 1.165) is 28.9 Å². The highest BCUT2D eigenvalue weighted by Gasteiger charge is 2.22. The quantitative estimate of drug-likeness (QED) is 0.486. The molecule has 7 nitrogen and oxygen atoms in total. The van der Waals surface area contributed by atoms with Gasteiger partial charge in [-0.05, 0) is 23.8 Å². The van der Waals surface area contributed by atoms with E-state index in [9.17, 15) is 4.79 Å². The number of amidine groups is 1. The van der Waals surface area contributed by atoms with Crippen molar-refractivity contribution in [1.82, 2.24) is 21.1 Å². The number of nitrogens with zero attached hydrogens (tertiary/aromatic N) is 2. The summed E-state index contributed by atoms with van der Waals surface area (Å²) in [5, 5.41) is 3.18. The van der Waals surface area contributed by atoms with Crippen LogP contribution in [0, 0.1) is 0 Å². The molecule has 2 aliphatic rings. The number of hydrogen-bond acceptors (Lipinski definition) is 5. The highest BCUT2D eigenvalue weighted by molar-refractivity contribution is 6.00. The largest absolute Gasteiger partial charge is 0.391 e. The minimum absolute atomic E-state index is 0.0514. The van der Waals surface area contributed by atoms with E-state index >= 15 is 0 Å². The summed E-state index contributed by atoms with van der Waals surface area (Å²) in [5.74, 6) is 0.499. The number of carbonyl (C=O) groups excluding carboxylic acids is 1. The molecule has 7 heteroatoms. The molecule has 1 aromatic rings. The Morgan fingerprint density at radius 2 is 2.12 bits per heavy atom. The molecule has 1 aromatic carbocycles. The second-order valence-electron chi connectivity index (χ2n) is 6.11. The third kappa shape index (κ3) is 3.83. The molecule has 0 radical (unpaired) electrons. The molecule has 3 rings (SSSR count). The molecule has 0 aromatic heterocycles. The van der Waals surface area contributed by atoms with Crippen molar-refractivity contribution < 1.29 is 4.79 Å². The van der Waals surface area contributed by atoms with E-state index in [1.807, 2.05) is 37.5 Å². The van der Waals surface area contributed by atoms with Gasteiger partial charge in [-0.3, -0.25) is 4.79 Å². The fraction of sp³-hybridized carbons (Fsp3) is 0.333. The van der Waals surface area contributed by atoms with Crippen LogP contribution in [0.5, 0.6) is 0 Å². The number of hydrazine groups is 1. The Labute approximate surface area is 147 Å². The van der Waals surface area contributed by atoms with Crippen molar-refractivity contribution in [3.63, 3.8) is 0 Å². The molecular formula is C18H24N6O. The van der Waals surface area contributed by atoms with E-state index in [-0.39, 0.29) is 11.9 Å². The van der Waals surface area contributed by atoms with E-state index in [2.05, 4.69) is 27.2 Å². The molecule has 1 atom stereocenters. The van der Waals surface area contributed by atoms with Gasteiger partial charge in [0.1, 0.15) is 5.84 Å². The lowest BCUT2D eigenvalue weighted by molar-refractivity contribution is -0.128. The number of amides is 1. The Hall–Kier alpha value is -2.80. The maximum Gasteiger partial charge on any atom is 0.219 e. The number of carbonyl (C=O) groups is 1. The molecule has 132 valence electrons. The van der Waals surface area contributed by atoms with Gasteiger partial charge in [0, 0.05) is 44.4 Å². The number of aliphatic imine (C=N–C) groups is 1. The molecule has 0 saturated carbocycles. The summed E-state index contributed by atoms with van der Waals surface area (Å²) in [5.41, 5.74) is 16.2. The van der Waals surface area contributed by atoms with Crippen LogP contribution in [0.25, 0.3) is 0 Å². The summed E-state index contributed by atoms with van der Waals surface area (Å²) in [6.07, 6.45) is 4.69. The van der Waals surface area contributed by atoms with Crippen LogP contribution in [0.15, 0.2) is 52.8 Å². The first kappa shape index (κ1) is 17.0. The van der Waals surface area contributed by atoms with Crippen molar-refractivity contribution in [3.05, 3.63) is 53.4 Å². The van der Waals surface area contributed by atoms with Crippen molar-refractivity contribution in [1.29, 1.82) is 0 Å². The molecule has 0 aliphatic carbocycles. The number of hydrogen-bond donors (Lipinski definition) is 4. The highest BCUT2D eigenvalue weighted by atomic mass is 16.2. The Morgan fingerprint density at radius 1 is 1.36 bits per heavy atom. The molecule has 0 spiro atoms. The molecule has 2 aliphatic heterocycles. The van der Waals surface area contributed by atoms with Gasteiger partial charge in [0.15, 0.2) is 0 Å². The Balaban J connectivity index is 1.80. The number of benzene rings is 1. The minimum atomic E-state index is 0.0514. The maximum absolute atomic E-state index is 11.7. The Bertz CT molecular complexity index is 734. The van der Waals surface area contributed by atoms with Crippen LogP contribution in [0.1, 0.15) is 24.9 Å². The van der Waals surface area contributed by atoms with Crippen molar-refractivity contribution in [3.8, 4) is 0 Å². The summed E-state index contributed by atoms with van der Waals surface area (Å²) in [7, 11) is 1.87. The van der Waals surface area contributed by atoms with Crippen LogP contribution in [0.4, 0.5) is 5.69 Å². The van der Waals surface area contributed by atoms with Crippen LogP contribution in [0.3, 0.4) is 0 Å². The van der Waals surface area contributed by atoms with Crippen molar-refractivity contribution in [2.24, 2.45) is 10.7 Å². The monoisotopic (exact) mass is 340 g/mol. The topological polar surface area (TPSA) is 94.8 Å². The fourth-order valence-electron chi connectivity index (χ4n) is 3.03. The third-order valence-electron chi connectivity index (χ3n) is 4.51. The summed E-state index contributed by atoms with van der Waals surface area (Å²) in [6.45, 7) is 2.77. The van der Waals surface area contributed by atoms with Gasteiger partial charge < -0.3 is 21.4 Å². The fourth-order valence-corrected chi connectivity index (χ4v) is 3.03. The first-order chi connectivity index (χ1) is 12.1. The van der Waals surface area contributed by atoms with Crippen molar-refractivity contribution in [2.75, 3.05) is 20.1 Å². The van der Waals surface area contributed by atoms with Crippen LogP contribution in [-0.2, 0) is 4.79 Å². The van der Waals surface area contributed by atoms with Gasteiger partial charge in [0.2, 0.25) is 5.91 Å². The smallest absolute Gasteiger partial charge is 0.219 e. The maximum atomic E-state index is 11.7. The summed E-state index contributed by atoms with van der Waals surface area (Å²) < 4.78 is 0. The average molecular weight is 340 g/mol. The van der Waals surface area contributed by atoms with Gasteiger partial charge in [-0.2, -0.15) is 0 Å². The van der Waals surface area contributed by atoms with Gasteiger partial charge in [-0.1, -0.05) is 12.1 Å². The Kier molecular flexibility index (Phi) is 5.04. The zero-order valence-corrected chi connectivity index (χ0v) is 14.5. The second-order valence-corrected chi connectivity index (χ2v) is 6.11. The Morgan fingerprint density at radius 3 is 2.72 bits per heavy atom. The van der Waals surface area contributed by atoms with E-state index in [0.29, 0.717) is 18.9 Å². The second kappa shape index (κ2) is 7.40. The van der Waals surface area contributed by atoms with E-state index in [4.69, 9.17) is 5.73 Å². The molecule has 5 N–H and O–H groups in total. The van der Waals surface area contributed by atoms with Crippen LogP contribution < -0.4 is 21.9 Å². The SMILES string of the molecule is CNC1=C(C(N)=Nc2ccc(C3C=CNN3)cc2)CN(C(C)=O)CC1. The number of nitrogens with one attached hydrogen (secondary N) is 3. The van der Waals surface area contributed by atoms with Gasteiger partial charge in [0.05, 0.1) is 18.3 Å². The van der Waals surface area contributed by atoms with Crippen molar-refractivity contribution in [2.45, 2.75) is 19.4 Å². The van der Waals surface area contributed by atoms with E-state index < -0.39 is 0 Å². The third-order valence-corrected chi connectivity index (χ3v) is 4.51. The summed E-state index contributed by atoms with van der Waals surface area (Å²) >= 11 is 0. The molecule has 1 unspecified atom stereocenters. The minimum Gasteiger partial charge on any atom is -0.391 e. The van der Waals surface area contributed by atoms with Crippen LogP contribution in [-0.4, -0.2) is 36.8 Å². The lowest BCUT2D eigenvalue weighted by Gasteiger charge is -2.29. The van der Waals surface area contributed by atoms with E-state index in [1.165, 1.54) is 0 Å². The first-order valence-electron chi connectivity index (χ1n) is 8.36. The van der Waals surface area contributed by atoms with Crippen molar-refractivity contribution >= 4 is 17.4 Å². The van der Waals surface area contributed by atoms with Gasteiger partial charge in [-0.15, -0.1) is 0 Å². The lowest BCUT2D eigenvalue weighted by atomic mass is 10.0. The molecule has 0 saturated heterocycles. The highest BCUT2D eigenvalue weighted by Crippen LogP contribution is 2.22. The molecular weight excluding hydrogens is 316 g/mol. The number of rotatable bonds is 4. The lowest BCUT2D eigenvalue weighted by Crippen LogP contribution is -2.40. The zero-order chi connectivity index (χ0) is 17.8. The van der Waals surface area contributed by atoms with Gasteiger partial charge in [-0.25, -0.2) is 10.4 Å². The molecule has 2 heterocycles. The molecule has 0 bridgehead atoms. The molecule has 1 amide bonds. The molecule has 0 fully saturated rings. The van der Waals surface area contributed by atoms with Gasteiger partial charge in [0.25, 0.3) is 0 Å². The predicted molar refractivity (Wildman–Crippen MR) is 98.8 cm³/mol. The average Bonchev–Trinajstić information content (AvgIpc) is 3.16. The number of nitrogens with two attached hydrogens (primary N) is 1. The molecule has 25 heavy (non-hydrogen) atoms. The zero-order valence-electron chi connectivity index (χ0n) is 14.5. The van der Waals surface area contributed by atoms with Crippen LogP contribution >= 0.6 is 0 Å². The first-order valence-corrected chi connectivity index (χ1v) is 8.36. The summed E-state index contributed by atoms with van der Waals surface area (Å²) in [6, 6.07) is 8.10. The normalized spacial score (nSPS) is 20.6. The standard InChI is InChI=1S/C18H24N6O/c1-12(25)24-10-8-17(20-2)15(11-24)18(19)22-14-5-3-13(4-6-14)16-7-9-21-23-16/h3-7,9,16,20-21,23H,8,10-11H2,1-2H3,(H2,19,22). The van der Waals surface area contributed by atoms with E-state index in [1.54, 1.807) is 11.8 Å². The predicted octanol–water partition coefficient (Wildman–Crippen LogP) is 1.06. The van der Waals surface area contributed by atoms with Gasteiger partial charge >= 0.3 is 0 Å². The summed E-state index contributed by atoms with van der Waals surface area (Å²) in [4.78, 5) is 18.0. The van der Waals surface area contributed by atoms with Crippen LogP contribution in [0.2, 0.25) is 0 Å².